The third-order valence-corrected chi connectivity index (χ3v) is 4.98. The number of hydrogen-bond acceptors (Lipinski definition) is 2. The maximum atomic E-state index is 5.08. The molecule has 24 heavy (non-hydrogen) atoms. The van der Waals surface area contributed by atoms with Crippen LogP contribution in [0.5, 0.6) is 0 Å². The average Bonchev–Trinajstić information content (AvgIpc) is 3.28. The van der Waals surface area contributed by atoms with Crippen LogP contribution in [0.25, 0.3) is 0 Å². The first-order valence-corrected chi connectivity index (χ1v) is 8.44. The summed E-state index contributed by atoms with van der Waals surface area (Å²) in [7, 11) is 0. The monoisotopic (exact) mass is 310 g/mol. The lowest BCUT2D eigenvalue weighted by Gasteiger charge is -2.14. The van der Waals surface area contributed by atoms with Crippen molar-refractivity contribution in [3.8, 4) is 0 Å². The number of fused-ring (bicyclic) bond motifs is 1. The van der Waals surface area contributed by atoms with Crippen LogP contribution in [0.4, 0.5) is 0 Å². The van der Waals surface area contributed by atoms with Crippen molar-refractivity contribution in [1.82, 2.24) is 4.90 Å². The van der Waals surface area contributed by atoms with Crippen LogP contribution in [-0.2, 0) is 0 Å². The zero-order valence-electron chi connectivity index (χ0n) is 13.3. The molecule has 5 rings (SSSR count). The molecular weight excluding hydrogens is 292 g/mol. The molecule has 2 aliphatic heterocycles. The van der Waals surface area contributed by atoms with E-state index in [1.54, 1.807) is 0 Å². The fourth-order valence-electron chi connectivity index (χ4n) is 3.85. The molecule has 4 atom stereocenters. The molecule has 0 spiro atoms. The van der Waals surface area contributed by atoms with Crippen LogP contribution in [-0.4, -0.2) is 16.7 Å². The van der Waals surface area contributed by atoms with Gasteiger partial charge < -0.3 is 0 Å². The second-order valence-electron chi connectivity index (χ2n) is 6.41. The van der Waals surface area contributed by atoms with E-state index in [2.05, 4.69) is 95.9 Å². The van der Waals surface area contributed by atoms with E-state index in [1.807, 2.05) is 0 Å². The molecule has 2 nitrogen and oxygen atoms in total. The molecule has 0 amide bonds. The predicted octanol–water partition coefficient (Wildman–Crippen LogP) is 4.61. The standard InChI is InChI=1S/C22H18N2/c1-4-10-16(11-5-1)19-21-20(17-12-6-2-7-13-17)24(21)22(23-19)18-14-8-3-9-15-18/h1-15,20-22H/t20-,21+,22+,24?/m1/s1. The number of benzene rings is 3. The fraction of sp³-hybridized carbons (Fsp3) is 0.136. The Bertz CT molecular complexity index is 872. The molecule has 0 N–H and O–H groups in total. The van der Waals surface area contributed by atoms with Gasteiger partial charge >= 0.3 is 0 Å². The predicted molar refractivity (Wildman–Crippen MR) is 97.0 cm³/mol. The van der Waals surface area contributed by atoms with Crippen LogP contribution in [0, 0.1) is 0 Å². The molecule has 0 saturated carbocycles. The van der Waals surface area contributed by atoms with Crippen molar-refractivity contribution < 1.29 is 0 Å². The van der Waals surface area contributed by atoms with E-state index in [1.165, 1.54) is 22.4 Å². The minimum Gasteiger partial charge on any atom is -0.263 e. The van der Waals surface area contributed by atoms with E-state index in [0.717, 1.165) is 0 Å². The molecule has 2 heterocycles. The molecule has 1 saturated heterocycles. The Morgan fingerprint density at radius 1 is 0.583 bits per heavy atom. The summed E-state index contributed by atoms with van der Waals surface area (Å²) < 4.78 is 0. The molecule has 2 heteroatoms. The van der Waals surface area contributed by atoms with Gasteiger partial charge in [0.05, 0.1) is 17.8 Å². The summed E-state index contributed by atoms with van der Waals surface area (Å²) >= 11 is 0. The highest BCUT2D eigenvalue weighted by Gasteiger charge is 2.59. The Morgan fingerprint density at radius 2 is 1.12 bits per heavy atom. The van der Waals surface area contributed by atoms with Gasteiger partial charge in [0.1, 0.15) is 6.17 Å². The molecule has 2 aliphatic rings. The first kappa shape index (κ1) is 13.7. The Morgan fingerprint density at radius 3 is 1.75 bits per heavy atom. The van der Waals surface area contributed by atoms with Gasteiger partial charge in [-0.2, -0.15) is 0 Å². The molecule has 3 aromatic carbocycles. The number of aliphatic imine (C=N–C) groups is 1. The summed E-state index contributed by atoms with van der Waals surface area (Å²) in [6, 6.07) is 32.8. The third kappa shape index (κ3) is 2.11. The summed E-state index contributed by atoms with van der Waals surface area (Å²) in [6.07, 6.45) is 0.122. The molecule has 0 aromatic heterocycles. The largest absolute Gasteiger partial charge is 0.263 e. The highest BCUT2D eigenvalue weighted by Crippen LogP contribution is 2.55. The Labute approximate surface area is 142 Å². The third-order valence-electron chi connectivity index (χ3n) is 4.98. The van der Waals surface area contributed by atoms with Crippen LogP contribution in [0.2, 0.25) is 0 Å². The number of rotatable bonds is 3. The van der Waals surface area contributed by atoms with Gasteiger partial charge in [-0.3, -0.25) is 9.89 Å². The molecule has 0 radical (unpaired) electrons. The summed E-state index contributed by atoms with van der Waals surface area (Å²) in [6.45, 7) is 0. The summed E-state index contributed by atoms with van der Waals surface area (Å²) in [5.74, 6) is 0. The van der Waals surface area contributed by atoms with E-state index in [0.29, 0.717) is 12.1 Å². The van der Waals surface area contributed by atoms with Crippen molar-refractivity contribution in [2.24, 2.45) is 4.99 Å². The molecule has 0 aliphatic carbocycles. The lowest BCUT2D eigenvalue weighted by atomic mass is 10.0. The SMILES string of the molecule is c1ccc(C2=N[C@H](c3ccccc3)N3[C@H](c4ccccc4)[C@H]23)cc1. The van der Waals surface area contributed by atoms with E-state index < -0.39 is 0 Å². The fourth-order valence-corrected chi connectivity index (χ4v) is 3.85. The van der Waals surface area contributed by atoms with Gasteiger partial charge in [0.2, 0.25) is 0 Å². The minimum atomic E-state index is 0.122. The van der Waals surface area contributed by atoms with Crippen LogP contribution in [0.15, 0.2) is 96.0 Å². The molecule has 116 valence electrons. The molecule has 1 unspecified atom stereocenters. The Hall–Kier alpha value is -2.71. The average molecular weight is 310 g/mol. The van der Waals surface area contributed by atoms with Crippen molar-refractivity contribution in [3.63, 3.8) is 0 Å². The highest BCUT2D eigenvalue weighted by atomic mass is 15.5. The first-order chi connectivity index (χ1) is 11.9. The number of nitrogens with zero attached hydrogens (tertiary/aromatic N) is 2. The van der Waals surface area contributed by atoms with Gasteiger partial charge in [-0.15, -0.1) is 0 Å². The molecular formula is C22H18N2. The summed E-state index contributed by atoms with van der Waals surface area (Å²) in [5.41, 5.74) is 5.11. The number of hydrogen-bond donors (Lipinski definition) is 0. The highest BCUT2D eigenvalue weighted by molar-refractivity contribution is 6.08. The molecule has 0 bridgehead atoms. The Balaban J connectivity index is 1.58. The van der Waals surface area contributed by atoms with Crippen LogP contribution < -0.4 is 0 Å². The van der Waals surface area contributed by atoms with Crippen molar-refractivity contribution in [1.29, 1.82) is 0 Å². The van der Waals surface area contributed by atoms with Crippen molar-refractivity contribution in [2.45, 2.75) is 18.2 Å². The van der Waals surface area contributed by atoms with Gasteiger partial charge in [0.25, 0.3) is 0 Å². The minimum absolute atomic E-state index is 0.122. The van der Waals surface area contributed by atoms with Crippen molar-refractivity contribution in [3.05, 3.63) is 108 Å². The lowest BCUT2D eigenvalue weighted by molar-refractivity contribution is 0.404. The van der Waals surface area contributed by atoms with E-state index in [9.17, 15) is 0 Å². The van der Waals surface area contributed by atoms with Gasteiger partial charge in [0, 0.05) is 0 Å². The molecule has 1 fully saturated rings. The maximum Gasteiger partial charge on any atom is 0.129 e. The zero-order valence-corrected chi connectivity index (χ0v) is 13.3. The smallest absolute Gasteiger partial charge is 0.129 e. The zero-order chi connectivity index (χ0) is 15.9. The van der Waals surface area contributed by atoms with Gasteiger partial charge in [-0.1, -0.05) is 91.0 Å². The van der Waals surface area contributed by atoms with Crippen molar-refractivity contribution >= 4 is 5.71 Å². The van der Waals surface area contributed by atoms with Gasteiger partial charge in [-0.25, -0.2) is 0 Å². The van der Waals surface area contributed by atoms with Crippen LogP contribution in [0.1, 0.15) is 28.9 Å². The summed E-state index contributed by atoms with van der Waals surface area (Å²) in [4.78, 5) is 7.60. The van der Waals surface area contributed by atoms with Crippen LogP contribution in [0.3, 0.4) is 0 Å². The van der Waals surface area contributed by atoms with Crippen molar-refractivity contribution in [2.75, 3.05) is 0 Å². The Kier molecular flexibility index (Phi) is 3.10. The topological polar surface area (TPSA) is 15.4 Å². The van der Waals surface area contributed by atoms with E-state index >= 15 is 0 Å². The normalized spacial score (nSPS) is 27.4. The first-order valence-electron chi connectivity index (χ1n) is 8.44. The quantitative estimate of drug-likeness (QED) is 0.645. The van der Waals surface area contributed by atoms with E-state index in [4.69, 9.17) is 4.99 Å². The van der Waals surface area contributed by atoms with Crippen LogP contribution >= 0.6 is 0 Å². The van der Waals surface area contributed by atoms with Gasteiger partial charge in [0.15, 0.2) is 0 Å². The second-order valence-corrected chi connectivity index (χ2v) is 6.41. The maximum absolute atomic E-state index is 5.08. The van der Waals surface area contributed by atoms with Gasteiger partial charge in [-0.05, 0) is 16.7 Å². The summed E-state index contributed by atoms with van der Waals surface area (Å²) in [5, 5.41) is 0. The lowest BCUT2D eigenvalue weighted by Crippen LogP contribution is -2.08. The molecule has 3 aromatic rings. The second kappa shape index (κ2) is 5.43. The van der Waals surface area contributed by atoms with E-state index in [-0.39, 0.29) is 6.17 Å².